The molecule has 0 radical (unpaired) electrons. The van der Waals surface area contributed by atoms with Crippen LogP contribution in [0.5, 0.6) is 0 Å². The molecule has 4 nitrogen and oxygen atoms in total. The van der Waals surface area contributed by atoms with Crippen molar-refractivity contribution >= 4 is 15.9 Å². The average Bonchev–Trinajstić information content (AvgIpc) is 2.13. The molecule has 10 heavy (non-hydrogen) atoms. The molecule has 1 heterocycles. The van der Waals surface area contributed by atoms with Crippen LogP contribution in [0.1, 0.15) is 5.69 Å². The zero-order chi connectivity index (χ0) is 7.56. The van der Waals surface area contributed by atoms with Gasteiger partial charge in [-0.15, -0.1) is 0 Å². The van der Waals surface area contributed by atoms with E-state index in [-0.39, 0.29) is 5.69 Å². The zero-order valence-electron chi connectivity index (χ0n) is 5.49. The largest absolute Gasteiger partial charge is 0.324 e. The molecule has 3 N–H and O–H groups in total. The molecule has 0 aliphatic carbocycles. The molecule has 0 fully saturated rings. The molecule has 5 heteroatoms. The van der Waals surface area contributed by atoms with Gasteiger partial charge in [-0.25, -0.2) is 4.79 Å². The third kappa shape index (κ3) is 1.48. The summed E-state index contributed by atoms with van der Waals surface area (Å²) in [5, 5.41) is 2.92. The van der Waals surface area contributed by atoms with Gasteiger partial charge in [0.15, 0.2) is 0 Å². The summed E-state index contributed by atoms with van der Waals surface area (Å²) in [4.78, 5) is 15.8. The highest BCUT2D eigenvalue weighted by Crippen LogP contribution is 2.06. The van der Waals surface area contributed by atoms with Crippen LogP contribution in [0.25, 0.3) is 0 Å². The summed E-state index contributed by atoms with van der Waals surface area (Å²) in [6.07, 6.45) is 0. The average molecular weight is 206 g/mol. The van der Waals surface area contributed by atoms with E-state index in [1.54, 1.807) is 0 Å². The Labute approximate surface area is 66.2 Å². The minimum atomic E-state index is -0.183. The highest BCUT2D eigenvalue weighted by atomic mass is 79.9. The van der Waals surface area contributed by atoms with Gasteiger partial charge in [-0.1, -0.05) is 0 Å². The lowest BCUT2D eigenvalue weighted by atomic mass is 10.5. The van der Waals surface area contributed by atoms with Gasteiger partial charge in [-0.05, 0) is 23.0 Å². The number of hydrogen-bond donors (Lipinski definition) is 3. The number of nitrogens with one attached hydrogen (secondary N) is 3. The molecule has 0 saturated heterocycles. The predicted molar refractivity (Wildman–Crippen MR) is 41.9 cm³/mol. The van der Waals surface area contributed by atoms with Gasteiger partial charge >= 0.3 is 5.69 Å². The summed E-state index contributed by atoms with van der Waals surface area (Å²) >= 11 is 3.19. The lowest BCUT2D eigenvalue weighted by Gasteiger charge is -1.92. The Kier molecular flexibility index (Phi) is 2.29. The summed E-state index contributed by atoms with van der Waals surface area (Å²) < 4.78 is 0.715. The maximum absolute atomic E-state index is 10.6. The monoisotopic (exact) mass is 205 g/mol. The summed E-state index contributed by atoms with van der Waals surface area (Å²) in [6, 6.07) is 0. The van der Waals surface area contributed by atoms with Crippen LogP contribution >= 0.6 is 15.9 Å². The zero-order valence-corrected chi connectivity index (χ0v) is 7.08. The van der Waals surface area contributed by atoms with E-state index < -0.39 is 0 Å². The summed E-state index contributed by atoms with van der Waals surface area (Å²) in [5.74, 6) is 0. The summed E-state index contributed by atoms with van der Waals surface area (Å²) in [5.41, 5.74) is 0.657. The highest BCUT2D eigenvalue weighted by molar-refractivity contribution is 9.10. The third-order valence-corrected chi connectivity index (χ3v) is 1.78. The Bertz CT molecular complexity index is 264. The van der Waals surface area contributed by atoms with E-state index in [1.807, 2.05) is 7.05 Å². The number of rotatable bonds is 2. The van der Waals surface area contributed by atoms with Crippen LogP contribution in [0.2, 0.25) is 0 Å². The Morgan fingerprint density at radius 3 is 2.70 bits per heavy atom. The second kappa shape index (κ2) is 3.03. The van der Waals surface area contributed by atoms with E-state index in [2.05, 4.69) is 31.2 Å². The summed E-state index contributed by atoms with van der Waals surface area (Å²) in [6.45, 7) is 0.652. The molecule has 0 saturated carbocycles. The molecular formula is C5H8BrN3O. The molecule has 0 aliphatic rings. The van der Waals surface area contributed by atoms with Crippen molar-refractivity contribution in [3.63, 3.8) is 0 Å². The second-order valence-corrected chi connectivity index (χ2v) is 2.69. The van der Waals surface area contributed by atoms with Crippen molar-refractivity contribution in [2.45, 2.75) is 6.54 Å². The number of aromatic amines is 2. The van der Waals surface area contributed by atoms with Crippen molar-refractivity contribution in [2.24, 2.45) is 0 Å². The SMILES string of the molecule is CNCc1[nH]c(=O)[nH]c1Br. The van der Waals surface area contributed by atoms with E-state index >= 15 is 0 Å². The number of aromatic nitrogens is 2. The fraction of sp³-hybridized carbons (Fsp3) is 0.400. The first-order valence-corrected chi connectivity index (χ1v) is 3.64. The Hall–Kier alpha value is -0.550. The van der Waals surface area contributed by atoms with Crippen molar-refractivity contribution in [1.82, 2.24) is 15.3 Å². The first-order chi connectivity index (χ1) is 4.74. The Morgan fingerprint density at radius 2 is 2.30 bits per heavy atom. The van der Waals surface area contributed by atoms with Crippen LogP contribution in [0.15, 0.2) is 9.40 Å². The van der Waals surface area contributed by atoms with Gasteiger partial charge in [-0.2, -0.15) is 0 Å². The van der Waals surface area contributed by atoms with E-state index in [4.69, 9.17) is 0 Å². The lowest BCUT2D eigenvalue weighted by Crippen LogP contribution is -2.07. The van der Waals surface area contributed by atoms with Gasteiger partial charge < -0.3 is 15.3 Å². The minimum absolute atomic E-state index is 0.183. The quantitative estimate of drug-likeness (QED) is 0.646. The predicted octanol–water partition coefficient (Wildman–Crippen LogP) is 0.185. The molecule has 1 aromatic heterocycles. The van der Waals surface area contributed by atoms with Crippen LogP contribution in [-0.2, 0) is 6.54 Å². The topological polar surface area (TPSA) is 60.7 Å². The first-order valence-electron chi connectivity index (χ1n) is 2.85. The van der Waals surface area contributed by atoms with Gasteiger partial charge in [0.05, 0.1) is 5.69 Å². The molecule has 1 rings (SSSR count). The van der Waals surface area contributed by atoms with Gasteiger partial charge in [0.25, 0.3) is 0 Å². The number of hydrogen-bond acceptors (Lipinski definition) is 2. The maximum Gasteiger partial charge on any atom is 0.324 e. The first kappa shape index (κ1) is 7.56. The number of H-pyrrole nitrogens is 2. The molecule has 0 spiro atoms. The molecule has 0 aliphatic heterocycles. The van der Waals surface area contributed by atoms with Crippen LogP contribution in [0.4, 0.5) is 0 Å². The fourth-order valence-corrected chi connectivity index (χ4v) is 1.12. The molecule has 56 valence electrons. The van der Waals surface area contributed by atoms with Crippen molar-refractivity contribution in [1.29, 1.82) is 0 Å². The van der Waals surface area contributed by atoms with Crippen molar-refractivity contribution in [2.75, 3.05) is 7.05 Å². The smallest absolute Gasteiger partial charge is 0.314 e. The van der Waals surface area contributed by atoms with E-state index in [1.165, 1.54) is 0 Å². The Balaban J connectivity index is 2.92. The van der Waals surface area contributed by atoms with Crippen LogP contribution < -0.4 is 11.0 Å². The fourth-order valence-electron chi connectivity index (χ4n) is 0.697. The van der Waals surface area contributed by atoms with E-state index in [9.17, 15) is 4.79 Å². The molecule has 0 amide bonds. The minimum Gasteiger partial charge on any atom is -0.314 e. The van der Waals surface area contributed by atoms with Crippen LogP contribution in [0, 0.1) is 0 Å². The van der Waals surface area contributed by atoms with Crippen LogP contribution in [-0.4, -0.2) is 17.0 Å². The lowest BCUT2D eigenvalue weighted by molar-refractivity contribution is 0.791. The highest BCUT2D eigenvalue weighted by Gasteiger charge is 2.00. The second-order valence-electron chi connectivity index (χ2n) is 1.90. The molecule has 0 aromatic carbocycles. The standard InChI is InChI=1S/C5H8BrN3O/c1-7-2-3-4(6)9-5(10)8-3/h7H,2H2,1H3,(H2,8,9,10). The van der Waals surface area contributed by atoms with Crippen molar-refractivity contribution in [3.05, 3.63) is 20.8 Å². The molecule has 0 atom stereocenters. The van der Waals surface area contributed by atoms with Crippen LogP contribution in [0.3, 0.4) is 0 Å². The van der Waals surface area contributed by atoms with Gasteiger partial charge in [0.1, 0.15) is 4.60 Å². The number of halogens is 1. The molecule has 0 bridgehead atoms. The maximum atomic E-state index is 10.6. The third-order valence-electron chi connectivity index (χ3n) is 1.11. The molecule has 1 aromatic rings. The molecule has 0 unspecified atom stereocenters. The summed E-state index contributed by atoms with van der Waals surface area (Å²) in [7, 11) is 1.82. The number of imidazole rings is 1. The normalized spacial score (nSPS) is 10.2. The molecular weight excluding hydrogens is 198 g/mol. The van der Waals surface area contributed by atoms with E-state index in [0.717, 1.165) is 5.69 Å². The van der Waals surface area contributed by atoms with Gasteiger partial charge in [0, 0.05) is 6.54 Å². The van der Waals surface area contributed by atoms with E-state index in [0.29, 0.717) is 11.1 Å². The van der Waals surface area contributed by atoms with Crippen molar-refractivity contribution < 1.29 is 0 Å². The van der Waals surface area contributed by atoms with Gasteiger partial charge in [0.2, 0.25) is 0 Å². The van der Waals surface area contributed by atoms with Crippen molar-refractivity contribution in [3.8, 4) is 0 Å². The van der Waals surface area contributed by atoms with Gasteiger partial charge in [-0.3, -0.25) is 0 Å². The Morgan fingerprint density at radius 1 is 1.60 bits per heavy atom.